The quantitative estimate of drug-likeness (QED) is 0.826. The average Bonchev–Trinajstić information content (AvgIpc) is 2.26. The second-order valence-electron chi connectivity index (χ2n) is 4.13. The van der Waals surface area contributed by atoms with E-state index in [0.29, 0.717) is 12.1 Å². The largest absolute Gasteiger partial charge is 0.416 e. The molecule has 0 saturated carbocycles. The highest BCUT2D eigenvalue weighted by atomic mass is 35.5. The maximum absolute atomic E-state index is 13.3. The number of aliphatic hydroxyl groups excluding tert-OH is 1. The Morgan fingerprint density at radius 2 is 1.62 bits per heavy atom. The molecule has 1 aromatic rings. The van der Waals surface area contributed by atoms with Gasteiger partial charge in [0.1, 0.15) is 11.9 Å². The number of hydrogen-bond donors (Lipinski definition) is 2. The van der Waals surface area contributed by atoms with Crippen molar-refractivity contribution in [2.45, 2.75) is 30.9 Å². The second kappa shape index (κ2) is 6.80. The molecule has 0 aliphatic heterocycles. The van der Waals surface area contributed by atoms with Crippen molar-refractivity contribution >= 4 is 12.4 Å². The first-order valence-corrected chi connectivity index (χ1v) is 5.30. The van der Waals surface area contributed by atoms with Crippen molar-refractivity contribution in [3.63, 3.8) is 0 Å². The number of hydrogen-bond acceptors (Lipinski definition) is 2. The van der Waals surface area contributed by atoms with E-state index in [4.69, 9.17) is 5.73 Å². The Morgan fingerprint density at radius 1 is 1.10 bits per heavy atom. The Labute approximate surface area is 121 Å². The molecule has 3 N–H and O–H groups in total. The van der Waals surface area contributed by atoms with E-state index in [-0.39, 0.29) is 18.5 Å². The molecule has 0 heterocycles. The number of halogens is 8. The van der Waals surface area contributed by atoms with Gasteiger partial charge < -0.3 is 10.8 Å². The van der Waals surface area contributed by atoms with Gasteiger partial charge in [-0.05, 0) is 18.2 Å². The maximum Gasteiger partial charge on any atom is 0.416 e. The zero-order valence-electron chi connectivity index (χ0n) is 10.2. The summed E-state index contributed by atoms with van der Waals surface area (Å²) in [4.78, 5) is 0. The van der Waals surface area contributed by atoms with E-state index in [0.717, 1.165) is 0 Å². The summed E-state index contributed by atoms with van der Waals surface area (Å²) in [5.41, 5.74) is 2.59. The van der Waals surface area contributed by atoms with Gasteiger partial charge in [0.05, 0.1) is 11.7 Å². The molecule has 21 heavy (non-hydrogen) atoms. The van der Waals surface area contributed by atoms with E-state index in [9.17, 15) is 35.8 Å². The molecular formula is C11H11ClF7NO. The van der Waals surface area contributed by atoms with Crippen molar-refractivity contribution in [3.05, 3.63) is 35.1 Å². The third-order valence-electron chi connectivity index (χ3n) is 2.58. The van der Waals surface area contributed by atoms with E-state index in [1.165, 1.54) is 0 Å². The van der Waals surface area contributed by atoms with Crippen molar-refractivity contribution in [1.29, 1.82) is 0 Å². The van der Waals surface area contributed by atoms with Crippen molar-refractivity contribution in [2.75, 3.05) is 0 Å². The van der Waals surface area contributed by atoms with Gasteiger partial charge in [-0.2, -0.15) is 26.3 Å². The van der Waals surface area contributed by atoms with Crippen molar-refractivity contribution in [1.82, 2.24) is 0 Å². The van der Waals surface area contributed by atoms with E-state index in [1.54, 1.807) is 0 Å². The zero-order chi connectivity index (χ0) is 15.7. The SMILES string of the molecule is Cl.N[C@H](C[C@H](O)c1cc(C(F)(F)F)ccc1F)C(F)(F)F. The van der Waals surface area contributed by atoms with E-state index >= 15 is 0 Å². The van der Waals surface area contributed by atoms with Crippen molar-refractivity contribution < 1.29 is 35.8 Å². The fourth-order valence-electron chi connectivity index (χ4n) is 1.48. The lowest BCUT2D eigenvalue weighted by molar-refractivity contribution is -0.154. The van der Waals surface area contributed by atoms with Crippen LogP contribution in [0.25, 0.3) is 0 Å². The van der Waals surface area contributed by atoms with Crippen LogP contribution in [-0.2, 0) is 6.18 Å². The lowest BCUT2D eigenvalue weighted by Gasteiger charge is -2.20. The summed E-state index contributed by atoms with van der Waals surface area (Å²) in [6, 6.07) is -1.34. The Kier molecular flexibility index (Phi) is 6.46. The van der Waals surface area contributed by atoms with Gasteiger partial charge in [0.15, 0.2) is 0 Å². The molecule has 0 unspecified atom stereocenters. The van der Waals surface area contributed by atoms with Gasteiger partial charge in [0.25, 0.3) is 0 Å². The average molecular weight is 342 g/mol. The molecule has 0 aromatic heterocycles. The van der Waals surface area contributed by atoms with Gasteiger partial charge in [-0.1, -0.05) is 0 Å². The van der Waals surface area contributed by atoms with E-state index in [2.05, 4.69) is 0 Å². The van der Waals surface area contributed by atoms with Crippen molar-refractivity contribution in [2.24, 2.45) is 5.73 Å². The highest BCUT2D eigenvalue weighted by molar-refractivity contribution is 5.85. The monoisotopic (exact) mass is 341 g/mol. The van der Waals surface area contributed by atoms with Crippen LogP contribution in [0.3, 0.4) is 0 Å². The Bertz CT molecular complexity index is 475. The van der Waals surface area contributed by atoms with Crippen LogP contribution in [0.4, 0.5) is 30.7 Å². The number of nitrogens with two attached hydrogens (primary N) is 1. The van der Waals surface area contributed by atoms with Crippen LogP contribution in [0, 0.1) is 5.82 Å². The highest BCUT2D eigenvalue weighted by Crippen LogP contribution is 2.33. The fraction of sp³-hybridized carbons (Fsp3) is 0.455. The Morgan fingerprint density at radius 3 is 2.05 bits per heavy atom. The highest BCUT2D eigenvalue weighted by Gasteiger charge is 2.39. The molecule has 10 heteroatoms. The summed E-state index contributed by atoms with van der Waals surface area (Å²) in [7, 11) is 0. The molecule has 2 nitrogen and oxygen atoms in total. The predicted octanol–water partition coefficient (Wildman–Crippen LogP) is 3.58. The fourth-order valence-corrected chi connectivity index (χ4v) is 1.48. The predicted molar refractivity (Wildman–Crippen MR) is 62.3 cm³/mol. The van der Waals surface area contributed by atoms with Gasteiger partial charge in [0, 0.05) is 12.0 Å². The summed E-state index contributed by atoms with van der Waals surface area (Å²) in [6.07, 6.45) is -12.9. The Balaban J connectivity index is 0.00000400. The lowest BCUT2D eigenvalue weighted by atomic mass is 9.99. The van der Waals surface area contributed by atoms with Gasteiger partial charge in [-0.15, -0.1) is 12.4 Å². The van der Waals surface area contributed by atoms with Gasteiger partial charge >= 0.3 is 12.4 Å². The normalized spacial score (nSPS) is 15.3. The first-order valence-electron chi connectivity index (χ1n) is 5.30. The van der Waals surface area contributed by atoms with Crippen molar-refractivity contribution in [3.8, 4) is 0 Å². The minimum Gasteiger partial charge on any atom is -0.388 e. The summed E-state index contributed by atoms with van der Waals surface area (Å²) >= 11 is 0. The standard InChI is InChI=1S/C11H10F7NO.ClH/c12-7-2-1-5(10(13,14)15)3-6(7)8(20)4-9(19)11(16,17)18;/h1-3,8-9,20H,4,19H2;1H/t8-,9+;/m0./s1. The van der Waals surface area contributed by atoms with Crippen LogP contribution in [0.1, 0.15) is 23.7 Å². The number of alkyl halides is 6. The van der Waals surface area contributed by atoms with Crippen LogP contribution in [-0.4, -0.2) is 17.3 Å². The van der Waals surface area contributed by atoms with Crippen LogP contribution < -0.4 is 5.73 Å². The number of rotatable bonds is 3. The summed E-state index contributed by atoms with van der Waals surface area (Å²) in [6.45, 7) is 0. The molecule has 122 valence electrons. The van der Waals surface area contributed by atoms with Gasteiger partial charge in [-0.25, -0.2) is 4.39 Å². The Hall–Kier alpha value is -1.06. The summed E-state index contributed by atoms with van der Waals surface area (Å²) in [5.74, 6) is -1.24. The third-order valence-corrected chi connectivity index (χ3v) is 2.58. The molecule has 0 radical (unpaired) electrons. The molecule has 2 atom stereocenters. The molecule has 0 bridgehead atoms. The van der Waals surface area contributed by atoms with Crippen LogP contribution in [0.2, 0.25) is 0 Å². The van der Waals surface area contributed by atoms with Crippen LogP contribution in [0.5, 0.6) is 0 Å². The number of aliphatic hydroxyl groups is 1. The summed E-state index contributed by atoms with van der Waals surface area (Å²) < 4.78 is 87.1. The third kappa shape index (κ3) is 5.33. The summed E-state index contributed by atoms with van der Waals surface area (Å²) in [5, 5.41) is 9.44. The van der Waals surface area contributed by atoms with Crippen LogP contribution >= 0.6 is 12.4 Å². The molecule has 0 fully saturated rings. The molecule has 0 aliphatic rings. The first-order chi connectivity index (χ1) is 8.93. The van der Waals surface area contributed by atoms with Crippen LogP contribution in [0.15, 0.2) is 18.2 Å². The van der Waals surface area contributed by atoms with E-state index in [1.807, 2.05) is 0 Å². The topological polar surface area (TPSA) is 46.2 Å². The van der Waals surface area contributed by atoms with E-state index < -0.39 is 47.9 Å². The molecule has 0 aliphatic carbocycles. The molecule has 1 rings (SSSR count). The smallest absolute Gasteiger partial charge is 0.388 e. The van der Waals surface area contributed by atoms with Gasteiger partial charge in [0.2, 0.25) is 0 Å². The van der Waals surface area contributed by atoms with Gasteiger partial charge in [-0.3, -0.25) is 0 Å². The number of benzene rings is 1. The second-order valence-corrected chi connectivity index (χ2v) is 4.13. The zero-order valence-corrected chi connectivity index (χ0v) is 11.0. The minimum atomic E-state index is -4.83. The molecule has 0 amide bonds. The molecule has 1 aromatic carbocycles. The molecular weight excluding hydrogens is 331 g/mol. The maximum atomic E-state index is 13.3. The lowest BCUT2D eigenvalue weighted by Crippen LogP contribution is -2.38. The molecule has 0 saturated heterocycles. The molecule has 0 spiro atoms. The first kappa shape index (κ1) is 19.9. The minimum absolute atomic E-state index is 0.